The Bertz CT molecular complexity index is 505. The summed E-state index contributed by atoms with van der Waals surface area (Å²) in [7, 11) is 1.62. The molecule has 1 aromatic heterocycles. The smallest absolute Gasteiger partial charge is 0.355 e. The van der Waals surface area contributed by atoms with Gasteiger partial charge in [-0.2, -0.15) is 13.2 Å². The van der Waals surface area contributed by atoms with Crippen LogP contribution in [0.5, 0.6) is 0 Å². The quantitative estimate of drug-likeness (QED) is 0.359. The van der Waals surface area contributed by atoms with Crippen LogP contribution < -0.4 is 10.6 Å². The molecule has 0 aromatic carbocycles. The highest BCUT2D eigenvalue weighted by molar-refractivity contribution is 14.0. The lowest BCUT2D eigenvalue weighted by Crippen LogP contribution is -2.42. The van der Waals surface area contributed by atoms with Crippen LogP contribution >= 0.6 is 35.3 Å². The molecule has 0 atom stereocenters. The van der Waals surface area contributed by atoms with Crippen LogP contribution in [0.4, 0.5) is 13.2 Å². The normalized spacial score (nSPS) is 12.5. The fourth-order valence-corrected chi connectivity index (χ4v) is 2.74. The summed E-state index contributed by atoms with van der Waals surface area (Å²) < 4.78 is 37.5. The molecule has 140 valence electrons. The lowest BCUT2D eigenvalue weighted by molar-refractivity contribution is -0.140. The summed E-state index contributed by atoms with van der Waals surface area (Å²) in [6, 6.07) is 0.466. The number of halogens is 4. The largest absolute Gasteiger partial charge is 0.434 e. The molecule has 0 aliphatic rings. The lowest BCUT2D eigenvalue weighted by Gasteiger charge is -2.25. The second kappa shape index (κ2) is 11.1. The standard InChI is InChI=1S/C14H24F3N5S.HI/c1-5-22(10(2)3)7-6-19-13(18-4)20-8-12-21-11(9-23-12)14(15,16)17;/h9-10H,5-8H2,1-4H3,(H2,18,19,20);1H. The molecule has 0 aliphatic heterocycles. The van der Waals surface area contributed by atoms with Crippen molar-refractivity contribution in [3.63, 3.8) is 0 Å². The zero-order chi connectivity index (χ0) is 17.5. The van der Waals surface area contributed by atoms with Gasteiger partial charge in [-0.1, -0.05) is 6.92 Å². The first-order valence-electron chi connectivity index (χ1n) is 7.48. The number of alkyl halides is 3. The zero-order valence-corrected chi connectivity index (χ0v) is 17.4. The minimum absolute atomic E-state index is 0. The third-order valence-electron chi connectivity index (χ3n) is 3.30. The van der Waals surface area contributed by atoms with Crippen LogP contribution in [0.1, 0.15) is 31.5 Å². The fourth-order valence-electron chi connectivity index (χ4n) is 2.00. The second-order valence-electron chi connectivity index (χ2n) is 5.20. The highest BCUT2D eigenvalue weighted by Crippen LogP contribution is 2.29. The maximum Gasteiger partial charge on any atom is 0.434 e. The van der Waals surface area contributed by atoms with Gasteiger partial charge in [0.25, 0.3) is 0 Å². The molecule has 1 rings (SSSR count). The molecule has 0 saturated heterocycles. The number of aromatic nitrogens is 1. The van der Waals surface area contributed by atoms with Gasteiger partial charge in [-0.15, -0.1) is 35.3 Å². The van der Waals surface area contributed by atoms with Crippen LogP contribution in [0.3, 0.4) is 0 Å². The van der Waals surface area contributed by atoms with Gasteiger partial charge in [0.1, 0.15) is 5.01 Å². The Morgan fingerprint density at radius 1 is 1.38 bits per heavy atom. The van der Waals surface area contributed by atoms with E-state index in [9.17, 15) is 13.2 Å². The molecule has 0 radical (unpaired) electrons. The Hall–Kier alpha value is -0.620. The van der Waals surface area contributed by atoms with Gasteiger partial charge >= 0.3 is 6.18 Å². The van der Waals surface area contributed by atoms with E-state index in [0.717, 1.165) is 29.8 Å². The number of aliphatic imine (C=N–C) groups is 1. The number of rotatable bonds is 7. The van der Waals surface area contributed by atoms with E-state index in [2.05, 4.69) is 46.3 Å². The maximum absolute atomic E-state index is 12.5. The summed E-state index contributed by atoms with van der Waals surface area (Å²) in [6.07, 6.45) is -4.39. The van der Waals surface area contributed by atoms with Gasteiger partial charge in [0.05, 0.1) is 6.54 Å². The maximum atomic E-state index is 12.5. The molecule has 2 N–H and O–H groups in total. The van der Waals surface area contributed by atoms with Gasteiger partial charge in [-0.05, 0) is 20.4 Å². The van der Waals surface area contributed by atoms with Crippen LogP contribution in [-0.4, -0.2) is 48.6 Å². The molecule has 0 spiro atoms. The van der Waals surface area contributed by atoms with Gasteiger partial charge in [-0.25, -0.2) is 4.98 Å². The molecule has 0 saturated carbocycles. The molecular weight excluding hydrogens is 454 g/mol. The van der Waals surface area contributed by atoms with E-state index in [-0.39, 0.29) is 30.5 Å². The van der Waals surface area contributed by atoms with Crippen LogP contribution in [0.2, 0.25) is 0 Å². The first-order chi connectivity index (χ1) is 10.8. The molecular formula is C14H25F3IN5S. The number of nitrogens with zero attached hydrogens (tertiary/aromatic N) is 3. The Labute approximate surface area is 162 Å². The summed E-state index contributed by atoms with van der Waals surface area (Å²) in [4.78, 5) is 9.93. The van der Waals surface area contributed by atoms with Crippen molar-refractivity contribution in [2.45, 2.75) is 39.5 Å². The number of likely N-dealkylation sites (N-methyl/N-ethyl adjacent to an activating group) is 1. The summed E-state index contributed by atoms with van der Waals surface area (Å²) in [5.74, 6) is 0.550. The molecule has 1 heterocycles. The van der Waals surface area contributed by atoms with Crippen LogP contribution in [0.15, 0.2) is 10.4 Å². The molecule has 0 amide bonds. The van der Waals surface area contributed by atoms with Crippen molar-refractivity contribution >= 4 is 41.3 Å². The van der Waals surface area contributed by atoms with Crippen molar-refractivity contribution in [2.75, 3.05) is 26.7 Å². The molecule has 1 aromatic rings. The molecule has 0 aliphatic carbocycles. The number of hydrogen-bond donors (Lipinski definition) is 2. The van der Waals surface area contributed by atoms with Gasteiger partial charge in [0.15, 0.2) is 11.7 Å². The minimum atomic E-state index is -4.39. The summed E-state index contributed by atoms with van der Waals surface area (Å²) >= 11 is 0.981. The van der Waals surface area contributed by atoms with Crippen molar-refractivity contribution < 1.29 is 13.2 Å². The molecule has 0 bridgehead atoms. The van der Waals surface area contributed by atoms with Crippen molar-refractivity contribution in [1.82, 2.24) is 20.5 Å². The minimum Gasteiger partial charge on any atom is -0.355 e. The molecule has 0 unspecified atom stereocenters. The van der Waals surface area contributed by atoms with Gasteiger partial charge in [0, 0.05) is 31.6 Å². The number of hydrogen-bond acceptors (Lipinski definition) is 4. The monoisotopic (exact) mass is 479 g/mol. The highest BCUT2D eigenvalue weighted by Gasteiger charge is 2.33. The third kappa shape index (κ3) is 7.97. The van der Waals surface area contributed by atoms with E-state index >= 15 is 0 Å². The Morgan fingerprint density at radius 2 is 2.04 bits per heavy atom. The Morgan fingerprint density at radius 3 is 2.50 bits per heavy atom. The summed E-state index contributed by atoms with van der Waals surface area (Å²) in [5, 5.41) is 7.52. The van der Waals surface area contributed by atoms with E-state index in [1.54, 1.807) is 7.05 Å². The van der Waals surface area contributed by atoms with Crippen molar-refractivity contribution in [3.05, 3.63) is 16.1 Å². The van der Waals surface area contributed by atoms with Crippen LogP contribution in [0.25, 0.3) is 0 Å². The SMILES string of the molecule is CCN(CCNC(=NC)NCc1nc(C(F)(F)F)cs1)C(C)C.I. The predicted octanol–water partition coefficient (Wildman–Crippen LogP) is 3.18. The van der Waals surface area contributed by atoms with E-state index in [4.69, 9.17) is 0 Å². The van der Waals surface area contributed by atoms with Crippen LogP contribution in [0, 0.1) is 0 Å². The van der Waals surface area contributed by atoms with Gasteiger partial charge in [-0.3, -0.25) is 9.89 Å². The average Bonchev–Trinajstić information content (AvgIpc) is 2.95. The zero-order valence-electron chi connectivity index (χ0n) is 14.3. The fraction of sp³-hybridized carbons (Fsp3) is 0.714. The average molecular weight is 479 g/mol. The topological polar surface area (TPSA) is 52.5 Å². The Kier molecular flexibility index (Phi) is 10.8. The molecule has 5 nitrogen and oxygen atoms in total. The van der Waals surface area contributed by atoms with Gasteiger partial charge in [0.2, 0.25) is 0 Å². The van der Waals surface area contributed by atoms with E-state index < -0.39 is 11.9 Å². The van der Waals surface area contributed by atoms with Crippen molar-refractivity contribution in [1.29, 1.82) is 0 Å². The van der Waals surface area contributed by atoms with E-state index in [0.29, 0.717) is 23.6 Å². The number of thiazole rings is 1. The van der Waals surface area contributed by atoms with Crippen molar-refractivity contribution in [2.24, 2.45) is 4.99 Å². The van der Waals surface area contributed by atoms with Gasteiger partial charge < -0.3 is 10.6 Å². The first kappa shape index (κ1) is 23.4. The number of nitrogens with one attached hydrogen (secondary N) is 2. The van der Waals surface area contributed by atoms with Crippen molar-refractivity contribution in [3.8, 4) is 0 Å². The van der Waals surface area contributed by atoms with E-state index in [1.807, 2.05) is 0 Å². The first-order valence-corrected chi connectivity index (χ1v) is 8.36. The summed E-state index contributed by atoms with van der Waals surface area (Å²) in [5.41, 5.74) is -0.849. The highest BCUT2D eigenvalue weighted by atomic mass is 127. The summed E-state index contributed by atoms with van der Waals surface area (Å²) in [6.45, 7) is 9.12. The Balaban J connectivity index is 0.00000529. The second-order valence-corrected chi connectivity index (χ2v) is 6.14. The lowest BCUT2D eigenvalue weighted by atomic mass is 10.3. The van der Waals surface area contributed by atoms with E-state index in [1.165, 1.54) is 0 Å². The third-order valence-corrected chi connectivity index (χ3v) is 4.15. The predicted molar refractivity (Wildman–Crippen MR) is 103 cm³/mol. The number of guanidine groups is 1. The van der Waals surface area contributed by atoms with Crippen LogP contribution in [-0.2, 0) is 12.7 Å². The molecule has 10 heteroatoms. The molecule has 24 heavy (non-hydrogen) atoms. The molecule has 0 fully saturated rings.